The van der Waals surface area contributed by atoms with Gasteiger partial charge in [-0.3, -0.25) is 0 Å². The van der Waals surface area contributed by atoms with Crippen LogP contribution in [0.25, 0.3) is 11.1 Å². The molecule has 0 heterocycles. The van der Waals surface area contributed by atoms with Gasteiger partial charge in [-0.15, -0.1) is 11.8 Å². The molecule has 16 heavy (non-hydrogen) atoms. The van der Waals surface area contributed by atoms with E-state index in [0.717, 1.165) is 21.8 Å². The third kappa shape index (κ3) is 2.39. The fraction of sp³-hybridized carbons (Fsp3) is 0.143. The van der Waals surface area contributed by atoms with Gasteiger partial charge in [-0.1, -0.05) is 24.3 Å². The zero-order chi connectivity index (χ0) is 11.4. The van der Waals surface area contributed by atoms with Gasteiger partial charge in [0.05, 0.1) is 7.11 Å². The zero-order valence-corrected chi connectivity index (χ0v) is 10.2. The van der Waals surface area contributed by atoms with Crippen molar-refractivity contribution in [1.29, 1.82) is 0 Å². The summed E-state index contributed by atoms with van der Waals surface area (Å²) in [5, 5.41) is 0. The first-order valence-corrected chi connectivity index (χ1v) is 6.26. The molecular weight excluding hydrogens is 216 g/mol. The first kappa shape index (κ1) is 11.1. The third-order valence-corrected chi connectivity index (χ3v) is 3.07. The van der Waals surface area contributed by atoms with E-state index in [1.165, 1.54) is 0 Å². The van der Waals surface area contributed by atoms with Crippen LogP contribution in [0, 0.1) is 6.07 Å². The van der Waals surface area contributed by atoms with Crippen LogP contribution in [0.2, 0.25) is 0 Å². The van der Waals surface area contributed by atoms with Crippen molar-refractivity contribution in [2.45, 2.75) is 4.90 Å². The van der Waals surface area contributed by atoms with Crippen LogP contribution in [0.15, 0.2) is 47.4 Å². The Hall–Kier alpha value is -1.41. The van der Waals surface area contributed by atoms with Crippen molar-refractivity contribution in [1.82, 2.24) is 0 Å². The molecule has 0 fully saturated rings. The SMILES string of the molecule is COc1ccc(-c2[c]c(SC)ccc2)cc1. The summed E-state index contributed by atoms with van der Waals surface area (Å²) in [7, 11) is 1.68. The normalized spacial score (nSPS) is 10.1. The van der Waals surface area contributed by atoms with Gasteiger partial charge >= 0.3 is 0 Å². The molecule has 2 aromatic rings. The Morgan fingerprint density at radius 3 is 2.44 bits per heavy atom. The van der Waals surface area contributed by atoms with Crippen molar-refractivity contribution in [3.63, 3.8) is 0 Å². The van der Waals surface area contributed by atoms with E-state index in [-0.39, 0.29) is 0 Å². The molecule has 81 valence electrons. The number of thioether (sulfide) groups is 1. The van der Waals surface area contributed by atoms with Crippen molar-refractivity contribution in [3.8, 4) is 16.9 Å². The molecule has 2 rings (SSSR count). The van der Waals surface area contributed by atoms with Gasteiger partial charge in [-0.2, -0.15) is 0 Å². The van der Waals surface area contributed by atoms with E-state index in [0.29, 0.717) is 0 Å². The first-order chi connectivity index (χ1) is 7.83. The van der Waals surface area contributed by atoms with E-state index in [4.69, 9.17) is 4.74 Å². The summed E-state index contributed by atoms with van der Waals surface area (Å²) in [5.74, 6) is 0.879. The van der Waals surface area contributed by atoms with Crippen molar-refractivity contribution < 1.29 is 4.74 Å². The van der Waals surface area contributed by atoms with E-state index in [2.05, 4.69) is 42.7 Å². The van der Waals surface area contributed by atoms with Crippen LogP contribution in [0.5, 0.6) is 5.75 Å². The van der Waals surface area contributed by atoms with Gasteiger partial charge in [0.2, 0.25) is 0 Å². The van der Waals surface area contributed by atoms with Crippen molar-refractivity contribution in [3.05, 3.63) is 48.5 Å². The molecule has 2 heteroatoms. The van der Waals surface area contributed by atoms with Gasteiger partial charge in [0.25, 0.3) is 0 Å². The molecule has 0 aliphatic rings. The number of ether oxygens (including phenoxy) is 1. The average molecular weight is 229 g/mol. The van der Waals surface area contributed by atoms with Crippen LogP contribution in [0.3, 0.4) is 0 Å². The largest absolute Gasteiger partial charge is 0.497 e. The van der Waals surface area contributed by atoms with Crippen molar-refractivity contribution in [2.24, 2.45) is 0 Å². The van der Waals surface area contributed by atoms with Crippen LogP contribution >= 0.6 is 11.8 Å². The molecule has 0 unspecified atom stereocenters. The van der Waals surface area contributed by atoms with Crippen molar-refractivity contribution in [2.75, 3.05) is 13.4 Å². The molecule has 2 aromatic carbocycles. The zero-order valence-electron chi connectivity index (χ0n) is 9.36. The predicted molar refractivity (Wildman–Crippen MR) is 69.0 cm³/mol. The molecule has 0 saturated heterocycles. The van der Waals surface area contributed by atoms with Gasteiger partial charge in [0, 0.05) is 11.0 Å². The molecule has 0 amide bonds. The van der Waals surface area contributed by atoms with Crippen LogP contribution in [-0.2, 0) is 0 Å². The summed E-state index contributed by atoms with van der Waals surface area (Å²) in [6.45, 7) is 0. The van der Waals surface area contributed by atoms with E-state index in [1.54, 1.807) is 18.9 Å². The Balaban J connectivity index is 2.34. The minimum Gasteiger partial charge on any atom is -0.497 e. The highest BCUT2D eigenvalue weighted by atomic mass is 32.2. The summed E-state index contributed by atoms with van der Waals surface area (Å²) in [6.07, 6.45) is 2.06. The Morgan fingerprint density at radius 1 is 1.06 bits per heavy atom. The Kier molecular flexibility index (Phi) is 3.52. The van der Waals surface area contributed by atoms with E-state index in [1.807, 2.05) is 12.1 Å². The highest BCUT2D eigenvalue weighted by molar-refractivity contribution is 7.98. The predicted octanol–water partition coefficient (Wildman–Crippen LogP) is 3.88. The standard InChI is InChI=1S/C14H13OS/c1-15-13-8-6-11(7-9-13)12-4-3-5-14(10-12)16-2/h3-9H,1-2H3. The fourth-order valence-electron chi connectivity index (χ4n) is 1.51. The van der Waals surface area contributed by atoms with Gasteiger partial charge < -0.3 is 4.74 Å². The maximum Gasteiger partial charge on any atom is 0.118 e. The topological polar surface area (TPSA) is 9.23 Å². The smallest absolute Gasteiger partial charge is 0.118 e. The highest BCUT2D eigenvalue weighted by Gasteiger charge is 1.99. The second-order valence-electron chi connectivity index (χ2n) is 3.36. The quantitative estimate of drug-likeness (QED) is 0.739. The van der Waals surface area contributed by atoms with Gasteiger partial charge in [-0.05, 0) is 35.6 Å². The molecule has 0 aliphatic heterocycles. The molecule has 0 saturated carbocycles. The van der Waals surface area contributed by atoms with Crippen LogP contribution in [0.4, 0.5) is 0 Å². The maximum atomic E-state index is 5.14. The minimum absolute atomic E-state index is 0.879. The second-order valence-corrected chi connectivity index (χ2v) is 4.21. The van der Waals surface area contributed by atoms with Gasteiger partial charge in [-0.25, -0.2) is 0 Å². The number of methoxy groups -OCH3 is 1. The summed E-state index contributed by atoms with van der Waals surface area (Å²) >= 11 is 1.71. The molecule has 0 bridgehead atoms. The Labute approximate surface area is 100 Å². The second kappa shape index (κ2) is 5.08. The lowest BCUT2D eigenvalue weighted by atomic mass is 10.1. The molecule has 1 nitrogen and oxygen atoms in total. The molecule has 0 aromatic heterocycles. The third-order valence-electron chi connectivity index (χ3n) is 2.39. The van der Waals surface area contributed by atoms with Crippen LogP contribution < -0.4 is 4.74 Å². The first-order valence-electron chi connectivity index (χ1n) is 5.04. The molecule has 0 spiro atoms. The average Bonchev–Trinajstić information content (AvgIpc) is 2.39. The van der Waals surface area contributed by atoms with Crippen LogP contribution in [-0.4, -0.2) is 13.4 Å². The summed E-state index contributed by atoms with van der Waals surface area (Å²) in [4.78, 5) is 1.16. The number of rotatable bonds is 3. The minimum atomic E-state index is 0.879. The summed E-state index contributed by atoms with van der Waals surface area (Å²) in [6, 6.07) is 17.6. The maximum absolute atomic E-state index is 5.14. The Bertz CT molecular complexity index is 462. The monoisotopic (exact) mass is 229 g/mol. The molecular formula is C14H13OS. The number of hydrogen-bond acceptors (Lipinski definition) is 2. The number of benzene rings is 2. The highest BCUT2D eigenvalue weighted by Crippen LogP contribution is 2.25. The van der Waals surface area contributed by atoms with Gasteiger partial charge in [0.1, 0.15) is 5.75 Å². The molecule has 0 atom stereocenters. The summed E-state index contributed by atoms with van der Waals surface area (Å²) in [5.41, 5.74) is 2.28. The summed E-state index contributed by atoms with van der Waals surface area (Å²) < 4.78 is 5.14. The Morgan fingerprint density at radius 2 is 1.81 bits per heavy atom. The van der Waals surface area contributed by atoms with E-state index in [9.17, 15) is 0 Å². The van der Waals surface area contributed by atoms with E-state index < -0.39 is 0 Å². The molecule has 0 aliphatic carbocycles. The molecule has 0 N–H and O–H groups in total. The lowest BCUT2D eigenvalue weighted by molar-refractivity contribution is 0.415. The van der Waals surface area contributed by atoms with E-state index >= 15 is 0 Å². The lowest BCUT2D eigenvalue weighted by Gasteiger charge is -2.04. The fourth-order valence-corrected chi connectivity index (χ4v) is 1.93. The van der Waals surface area contributed by atoms with Crippen molar-refractivity contribution >= 4 is 11.8 Å². The van der Waals surface area contributed by atoms with Crippen LogP contribution in [0.1, 0.15) is 0 Å². The lowest BCUT2D eigenvalue weighted by Crippen LogP contribution is -1.83. The molecule has 1 radical (unpaired) electrons. The number of hydrogen-bond donors (Lipinski definition) is 0. The van der Waals surface area contributed by atoms with Gasteiger partial charge in [0.15, 0.2) is 0 Å².